The Morgan fingerprint density at radius 2 is 1.00 bits per heavy atom. The molecule has 2 heteroatoms. The number of rotatable bonds is 10. The number of hydrogen-bond donors (Lipinski definition) is 0. The molecule has 134 valence electrons. The van der Waals surface area contributed by atoms with Crippen LogP contribution in [0.1, 0.15) is 65.5 Å². The molecule has 0 aromatic heterocycles. The van der Waals surface area contributed by atoms with Crippen molar-refractivity contribution in [1.29, 1.82) is 0 Å². The summed E-state index contributed by atoms with van der Waals surface area (Å²) in [5.41, 5.74) is 2.33. The fraction of sp³-hybridized carbons (Fsp3) is 0.636. The lowest BCUT2D eigenvalue weighted by Gasteiger charge is -2.10. The van der Waals surface area contributed by atoms with Gasteiger partial charge in [0, 0.05) is 25.5 Å². The van der Waals surface area contributed by atoms with Crippen molar-refractivity contribution >= 4 is 12.4 Å². The highest BCUT2D eigenvalue weighted by Gasteiger charge is 2.04. The smallest absolute Gasteiger partial charge is 0.0415 e. The number of aliphatic imine (C=N–C) groups is 2. The van der Waals surface area contributed by atoms with Crippen LogP contribution in [-0.2, 0) is 0 Å². The zero-order chi connectivity index (χ0) is 17.9. The predicted molar refractivity (Wildman–Crippen MR) is 109 cm³/mol. The summed E-state index contributed by atoms with van der Waals surface area (Å²) >= 11 is 0. The number of hydrogen-bond acceptors (Lipinski definition) is 2. The normalized spacial score (nSPS) is 15.0. The molecule has 0 aliphatic carbocycles. The molecule has 2 atom stereocenters. The molecule has 0 fully saturated rings. The summed E-state index contributed by atoms with van der Waals surface area (Å²) in [4.78, 5) is 9.16. The Kier molecular flexibility index (Phi) is 9.59. The Bertz CT molecular complexity index is 450. The van der Waals surface area contributed by atoms with Crippen molar-refractivity contribution in [2.75, 3.05) is 13.1 Å². The molecule has 0 saturated heterocycles. The Morgan fingerprint density at radius 1 is 0.667 bits per heavy atom. The first-order chi connectivity index (χ1) is 11.4. The highest BCUT2D eigenvalue weighted by Crippen LogP contribution is 2.12. The van der Waals surface area contributed by atoms with Gasteiger partial charge in [-0.3, -0.25) is 9.98 Å². The van der Waals surface area contributed by atoms with Crippen molar-refractivity contribution < 1.29 is 0 Å². The Morgan fingerprint density at radius 3 is 1.29 bits per heavy atom. The lowest BCUT2D eigenvalue weighted by molar-refractivity contribution is 0.448. The molecule has 0 aliphatic rings. The summed E-state index contributed by atoms with van der Waals surface area (Å²) in [5.74, 6) is 2.80. The van der Waals surface area contributed by atoms with Gasteiger partial charge in [0.2, 0.25) is 0 Å². The lowest BCUT2D eigenvalue weighted by Crippen LogP contribution is -2.04. The molecule has 0 aliphatic heterocycles. The van der Waals surface area contributed by atoms with E-state index in [0.29, 0.717) is 11.8 Å². The minimum absolute atomic E-state index is 0.653. The van der Waals surface area contributed by atoms with Crippen LogP contribution in [0.3, 0.4) is 0 Å². The molecule has 0 amide bonds. The first-order valence-corrected chi connectivity index (χ1v) is 9.46. The standard InChI is InChI=1S/C22H36N2/c1-17(2)11-19(5)13-23-15-21-7-9-22(10-8-21)16-24-14-20(6)12-18(3)4/h7-10,15-20H,11-14H2,1-6H3. The van der Waals surface area contributed by atoms with Crippen LogP contribution in [0, 0.1) is 23.7 Å². The largest absolute Gasteiger partial charge is 0.292 e. The van der Waals surface area contributed by atoms with E-state index >= 15 is 0 Å². The van der Waals surface area contributed by atoms with Crippen LogP contribution < -0.4 is 0 Å². The second kappa shape index (κ2) is 11.2. The van der Waals surface area contributed by atoms with Gasteiger partial charge in [-0.15, -0.1) is 0 Å². The maximum atomic E-state index is 4.58. The van der Waals surface area contributed by atoms with Gasteiger partial charge in [-0.2, -0.15) is 0 Å². The van der Waals surface area contributed by atoms with E-state index in [2.05, 4.69) is 75.8 Å². The van der Waals surface area contributed by atoms with Crippen LogP contribution in [0.2, 0.25) is 0 Å². The van der Waals surface area contributed by atoms with Crippen LogP contribution in [0.25, 0.3) is 0 Å². The molecule has 0 N–H and O–H groups in total. The molecule has 0 spiro atoms. The zero-order valence-corrected chi connectivity index (χ0v) is 16.5. The number of nitrogens with zero attached hydrogens (tertiary/aromatic N) is 2. The SMILES string of the molecule is CC(C)CC(C)CN=Cc1ccc(C=NCC(C)CC(C)C)cc1. The van der Waals surface area contributed by atoms with Crippen LogP contribution >= 0.6 is 0 Å². The second-order valence-corrected chi connectivity index (χ2v) is 8.12. The zero-order valence-electron chi connectivity index (χ0n) is 16.5. The Labute approximate surface area is 149 Å². The fourth-order valence-electron chi connectivity index (χ4n) is 3.10. The van der Waals surface area contributed by atoms with E-state index in [4.69, 9.17) is 0 Å². The molecule has 1 rings (SSSR count). The van der Waals surface area contributed by atoms with Gasteiger partial charge in [-0.05, 0) is 47.6 Å². The average Bonchev–Trinajstić information content (AvgIpc) is 2.47. The van der Waals surface area contributed by atoms with Crippen molar-refractivity contribution in [3.63, 3.8) is 0 Å². The molecule has 2 nitrogen and oxygen atoms in total. The molecule has 1 aromatic carbocycles. The average molecular weight is 329 g/mol. The maximum Gasteiger partial charge on any atom is 0.0415 e. The monoisotopic (exact) mass is 328 g/mol. The van der Waals surface area contributed by atoms with E-state index < -0.39 is 0 Å². The van der Waals surface area contributed by atoms with E-state index in [1.54, 1.807) is 0 Å². The summed E-state index contributed by atoms with van der Waals surface area (Å²) in [6.07, 6.45) is 6.45. The highest BCUT2D eigenvalue weighted by molar-refractivity contribution is 5.84. The van der Waals surface area contributed by atoms with Gasteiger partial charge in [0.25, 0.3) is 0 Å². The third-order valence-corrected chi connectivity index (χ3v) is 4.00. The van der Waals surface area contributed by atoms with Crippen molar-refractivity contribution in [3.8, 4) is 0 Å². The van der Waals surface area contributed by atoms with Crippen molar-refractivity contribution in [1.82, 2.24) is 0 Å². The van der Waals surface area contributed by atoms with Gasteiger partial charge in [0.05, 0.1) is 0 Å². The van der Waals surface area contributed by atoms with Crippen LogP contribution in [0.5, 0.6) is 0 Å². The minimum Gasteiger partial charge on any atom is -0.292 e. The van der Waals surface area contributed by atoms with Crippen molar-refractivity contribution in [2.24, 2.45) is 33.7 Å². The molecule has 0 radical (unpaired) electrons. The second-order valence-electron chi connectivity index (χ2n) is 8.12. The van der Waals surface area contributed by atoms with E-state index in [9.17, 15) is 0 Å². The molecule has 1 aromatic rings. The molecule has 0 saturated carbocycles. The molecule has 2 unspecified atom stereocenters. The quantitative estimate of drug-likeness (QED) is 0.478. The highest BCUT2D eigenvalue weighted by atomic mass is 14.7. The third kappa shape index (κ3) is 9.64. The Hall–Kier alpha value is -1.44. The van der Waals surface area contributed by atoms with Crippen LogP contribution in [0.4, 0.5) is 0 Å². The third-order valence-electron chi connectivity index (χ3n) is 4.00. The first-order valence-electron chi connectivity index (χ1n) is 9.46. The molecule has 24 heavy (non-hydrogen) atoms. The summed E-state index contributed by atoms with van der Waals surface area (Å²) in [6, 6.07) is 8.48. The summed E-state index contributed by atoms with van der Waals surface area (Å²) in [7, 11) is 0. The number of benzene rings is 1. The molecule has 0 bridgehead atoms. The predicted octanol–water partition coefficient (Wildman–Crippen LogP) is 5.89. The van der Waals surface area contributed by atoms with Crippen LogP contribution in [0.15, 0.2) is 34.3 Å². The molecular formula is C22H36N2. The van der Waals surface area contributed by atoms with Crippen LogP contribution in [-0.4, -0.2) is 25.5 Å². The fourth-order valence-corrected chi connectivity index (χ4v) is 3.10. The van der Waals surface area contributed by atoms with Crippen molar-refractivity contribution in [3.05, 3.63) is 35.4 Å². The van der Waals surface area contributed by atoms with E-state index in [-0.39, 0.29) is 0 Å². The van der Waals surface area contributed by atoms with Gasteiger partial charge in [-0.1, -0.05) is 65.8 Å². The topological polar surface area (TPSA) is 24.7 Å². The van der Waals surface area contributed by atoms with Gasteiger partial charge in [0.1, 0.15) is 0 Å². The van der Waals surface area contributed by atoms with E-state index in [1.165, 1.54) is 12.8 Å². The minimum atomic E-state index is 0.653. The molecule has 0 heterocycles. The summed E-state index contributed by atoms with van der Waals surface area (Å²) in [5, 5.41) is 0. The maximum absolute atomic E-state index is 4.58. The Balaban J connectivity index is 2.42. The van der Waals surface area contributed by atoms with Gasteiger partial charge >= 0.3 is 0 Å². The lowest BCUT2D eigenvalue weighted by atomic mass is 9.99. The van der Waals surface area contributed by atoms with Crippen molar-refractivity contribution in [2.45, 2.75) is 54.4 Å². The van der Waals surface area contributed by atoms with Gasteiger partial charge in [-0.25, -0.2) is 0 Å². The first kappa shape index (κ1) is 20.6. The van der Waals surface area contributed by atoms with E-state index in [1.807, 2.05) is 12.4 Å². The van der Waals surface area contributed by atoms with Gasteiger partial charge in [0.15, 0.2) is 0 Å². The molecular weight excluding hydrogens is 292 g/mol. The van der Waals surface area contributed by atoms with Gasteiger partial charge < -0.3 is 0 Å². The summed E-state index contributed by atoms with van der Waals surface area (Å²) in [6.45, 7) is 15.4. The van der Waals surface area contributed by atoms with E-state index in [0.717, 1.165) is 36.1 Å². The summed E-state index contributed by atoms with van der Waals surface area (Å²) < 4.78 is 0.